The molecule has 1 atom stereocenters. The summed E-state index contributed by atoms with van der Waals surface area (Å²) in [6, 6.07) is 9.67. The second-order valence-corrected chi connectivity index (χ2v) is 7.78. The first-order valence-corrected chi connectivity index (χ1v) is 9.88. The number of carbonyl (C=O) groups is 1. The maximum atomic E-state index is 13.3. The SMILES string of the molecule is COC(=O)C[C@H](c1c(O)cc(C)n(CCc2c[nH]c3ccccc23)c1=O)C(C)C. The number of ether oxygens (including phenoxy) is 1. The molecule has 2 N–H and O–H groups in total. The number of methoxy groups -OCH3 is 1. The molecule has 0 aliphatic rings. The molecule has 0 spiro atoms. The third-order valence-corrected chi connectivity index (χ3v) is 5.59. The lowest BCUT2D eigenvalue weighted by Gasteiger charge is -2.22. The predicted molar refractivity (Wildman–Crippen MR) is 113 cm³/mol. The maximum Gasteiger partial charge on any atom is 0.306 e. The van der Waals surface area contributed by atoms with Crippen molar-refractivity contribution in [3.05, 3.63) is 63.7 Å². The van der Waals surface area contributed by atoms with Crippen molar-refractivity contribution in [3.8, 4) is 5.75 Å². The van der Waals surface area contributed by atoms with Crippen LogP contribution in [0.2, 0.25) is 0 Å². The second-order valence-electron chi connectivity index (χ2n) is 7.78. The highest BCUT2D eigenvalue weighted by Gasteiger charge is 2.27. The fraction of sp³-hybridized carbons (Fsp3) is 0.391. The summed E-state index contributed by atoms with van der Waals surface area (Å²) in [5.74, 6) is -0.862. The van der Waals surface area contributed by atoms with Crippen molar-refractivity contribution in [2.24, 2.45) is 5.92 Å². The van der Waals surface area contributed by atoms with Gasteiger partial charge in [0.15, 0.2) is 0 Å². The Balaban J connectivity index is 1.96. The first-order chi connectivity index (χ1) is 13.8. The zero-order chi connectivity index (χ0) is 21.1. The van der Waals surface area contributed by atoms with E-state index < -0.39 is 11.9 Å². The van der Waals surface area contributed by atoms with Crippen LogP contribution in [0.1, 0.15) is 43.0 Å². The molecule has 29 heavy (non-hydrogen) atoms. The zero-order valence-corrected chi connectivity index (χ0v) is 17.4. The number of rotatable bonds is 7. The molecular formula is C23H28N2O4. The molecule has 0 radical (unpaired) electrons. The summed E-state index contributed by atoms with van der Waals surface area (Å²) in [4.78, 5) is 28.4. The van der Waals surface area contributed by atoms with E-state index in [-0.39, 0.29) is 29.2 Å². The molecule has 0 bridgehead atoms. The Morgan fingerprint density at radius 3 is 2.69 bits per heavy atom. The molecule has 0 unspecified atom stereocenters. The molecule has 6 heteroatoms. The Kier molecular flexibility index (Phi) is 6.11. The Labute approximate surface area is 170 Å². The first kappa shape index (κ1) is 20.7. The van der Waals surface area contributed by atoms with Gasteiger partial charge in [-0.05, 0) is 37.0 Å². The molecule has 0 aliphatic heterocycles. The highest BCUT2D eigenvalue weighted by molar-refractivity contribution is 5.83. The molecule has 2 heterocycles. The minimum absolute atomic E-state index is 0.00234. The van der Waals surface area contributed by atoms with Gasteiger partial charge in [-0.25, -0.2) is 0 Å². The molecule has 3 aromatic rings. The highest BCUT2D eigenvalue weighted by Crippen LogP contribution is 2.32. The van der Waals surface area contributed by atoms with Crippen molar-refractivity contribution in [1.29, 1.82) is 0 Å². The number of para-hydroxylation sites is 1. The van der Waals surface area contributed by atoms with Crippen molar-refractivity contribution in [2.45, 2.75) is 46.1 Å². The molecule has 0 saturated carbocycles. The number of pyridine rings is 1. The predicted octanol–water partition coefficient (Wildman–Crippen LogP) is 3.89. The average Bonchev–Trinajstić information content (AvgIpc) is 3.09. The molecule has 0 amide bonds. The highest BCUT2D eigenvalue weighted by atomic mass is 16.5. The molecule has 0 aliphatic carbocycles. The van der Waals surface area contributed by atoms with Gasteiger partial charge in [0.25, 0.3) is 5.56 Å². The van der Waals surface area contributed by atoms with Crippen LogP contribution in [0.25, 0.3) is 10.9 Å². The van der Waals surface area contributed by atoms with Crippen molar-refractivity contribution in [2.75, 3.05) is 7.11 Å². The number of aryl methyl sites for hydroxylation is 2. The quantitative estimate of drug-likeness (QED) is 0.594. The van der Waals surface area contributed by atoms with Crippen LogP contribution >= 0.6 is 0 Å². The topological polar surface area (TPSA) is 84.3 Å². The molecule has 154 valence electrons. The van der Waals surface area contributed by atoms with E-state index >= 15 is 0 Å². The van der Waals surface area contributed by atoms with Gasteiger partial charge >= 0.3 is 5.97 Å². The second kappa shape index (κ2) is 8.55. The monoisotopic (exact) mass is 396 g/mol. The molecule has 2 aromatic heterocycles. The Morgan fingerprint density at radius 1 is 1.28 bits per heavy atom. The third-order valence-electron chi connectivity index (χ3n) is 5.59. The average molecular weight is 396 g/mol. The van der Waals surface area contributed by atoms with Gasteiger partial charge in [-0.3, -0.25) is 9.59 Å². The number of hydrogen-bond acceptors (Lipinski definition) is 4. The summed E-state index contributed by atoms with van der Waals surface area (Å²) in [5, 5.41) is 11.7. The number of benzene rings is 1. The van der Waals surface area contributed by atoms with Crippen molar-refractivity contribution in [1.82, 2.24) is 9.55 Å². The lowest BCUT2D eigenvalue weighted by Crippen LogP contribution is -2.30. The molecule has 0 saturated heterocycles. The van der Waals surface area contributed by atoms with E-state index in [1.165, 1.54) is 7.11 Å². The van der Waals surface area contributed by atoms with Crippen LogP contribution in [-0.4, -0.2) is 27.7 Å². The van der Waals surface area contributed by atoms with Crippen molar-refractivity contribution < 1.29 is 14.6 Å². The molecule has 6 nitrogen and oxygen atoms in total. The van der Waals surface area contributed by atoms with E-state index in [9.17, 15) is 14.7 Å². The fourth-order valence-corrected chi connectivity index (χ4v) is 3.90. The molecule has 1 aromatic carbocycles. The number of fused-ring (bicyclic) bond motifs is 1. The summed E-state index contributed by atoms with van der Waals surface area (Å²) in [5.41, 5.74) is 2.93. The number of aromatic hydroxyl groups is 1. The summed E-state index contributed by atoms with van der Waals surface area (Å²) < 4.78 is 6.47. The normalized spacial score (nSPS) is 12.4. The number of esters is 1. The van der Waals surface area contributed by atoms with E-state index in [0.29, 0.717) is 18.7 Å². The third kappa shape index (κ3) is 4.21. The van der Waals surface area contributed by atoms with Crippen LogP contribution in [0.15, 0.2) is 41.3 Å². The minimum Gasteiger partial charge on any atom is -0.507 e. The van der Waals surface area contributed by atoms with Gasteiger partial charge < -0.3 is 19.4 Å². The van der Waals surface area contributed by atoms with Gasteiger partial charge in [-0.1, -0.05) is 32.0 Å². The summed E-state index contributed by atoms with van der Waals surface area (Å²) in [6.45, 7) is 6.17. The Morgan fingerprint density at radius 2 is 2.00 bits per heavy atom. The molecule has 3 rings (SSSR count). The van der Waals surface area contributed by atoms with Crippen LogP contribution in [0.3, 0.4) is 0 Å². The Hall–Kier alpha value is -3.02. The van der Waals surface area contributed by atoms with Crippen LogP contribution in [0.5, 0.6) is 5.75 Å². The molecule has 0 fully saturated rings. The number of nitrogens with zero attached hydrogens (tertiary/aromatic N) is 1. The zero-order valence-electron chi connectivity index (χ0n) is 17.4. The Bertz CT molecular complexity index is 1080. The number of aromatic amines is 1. The summed E-state index contributed by atoms with van der Waals surface area (Å²) in [6.07, 6.45) is 2.71. The number of H-pyrrole nitrogens is 1. The smallest absolute Gasteiger partial charge is 0.306 e. The standard InChI is InChI=1S/C23H28N2O4/c1-14(2)18(12-21(27)29-4)22-20(26)11-15(3)25(23(22)28)10-9-16-13-24-19-8-6-5-7-17(16)19/h5-8,11,13-14,18,24,26H,9-10,12H2,1-4H3/t18-/m0/s1. The number of aromatic nitrogens is 2. The van der Waals surface area contributed by atoms with E-state index in [2.05, 4.69) is 11.1 Å². The number of carbonyl (C=O) groups excluding carboxylic acids is 1. The first-order valence-electron chi connectivity index (χ1n) is 9.88. The summed E-state index contributed by atoms with van der Waals surface area (Å²) >= 11 is 0. The van der Waals surface area contributed by atoms with Gasteiger partial charge in [-0.2, -0.15) is 0 Å². The number of nitrogens with one attached hydrogen (secondary N) is 1. The van der Waals surface area contributed by atoms with E-state index in [1.807, 2.05) is 45.2 Å². The van der Waals surface area contributed by atoms with Gasteiger partial charge in [0, 0.05) is 35.3 Å². The van der Waals surface area contributed by atoms with Gasteiger partial charge in [0.1, 0.15) is 5.75 Å². The van der Waals surface area contributed by atoms with Crippen LogP contribution in [-0.2, 0) is 22.5 Å². The number of hydrogen-bond donors (Lipinski definition) is 2. The molecular weight excluding hydrogens is 368 g/mol. The van der Waals surface area contributed by atoms with Crippen molar-refractivity contribution >= 4 is 16.9 Å². The van der Waals surface area contributed by atoms with Crippen LogP contribution in [0, 0.1) is 12.8 Å². The lowest BCUT2D eigenvalue weighted by atomic mass is 9.85. The fourth-order valence-electron chi connectivity index (χ4n) is 3.90. The van der Waals surface area contributed by atoms with Crippen LogP contribution in [0.4, 0.5) is 0 Å². The van der Waals surface area contributed by atoms with E-state index in [0.717, 1.165) is 16.5 Å². The minimum atomic E-state index is -0.408. The maximum absolute atomic E-state index is 13.3. The van der Waals surface area contributed by atoms with Gasteiger partial charge in [-0.15, -0.1) is 0 Å². The van der Waals surface area contributed by atoms with Crippen molar-refractivity contribution in [3.63, 3.8) is 0 Å². The van der Waals surface area contributed by atoms with Crippen LogP contribution < -0.4 is 5.56 Å². The van der Waals surface area contributed by atoms with Gasteiger partial charge in [0.05, 0.1) is 19.1 Å². The summed E-state index contributed by atoms with van der Waals surface area (Å²) in [7, 11) is 1.33. The van der Waals surface area contributed by atoms with E-state index in [4.69, 9.17) is 4.74 Å². The van der Waals surface area contributed by atoms with E-state index in [1.54, 1.807) is 10.6 Å². The largest absolute Gasteiger partial charge is 0.507 e. The van der Waals surface area contributed by atoms with Gasteiger partial charge in [0.2, 0.25) is 0 Å². The lowest BCUT2D eigenvalue weighted by molar-refractivity contribution is -0.141.